The van der Waals surface area contributed by atoms with Crippen LogP contribution in [0.5, 0.6) is 40.2 Å². The fraction of sp³-hybridized carbons (Fsp3) is 0. The van der Waals surface area contributed by atoms with Crippen LogP contribution < -0.4 is 0 Å². The van der Waals surface area contributed by atoms with E-state index in [0.717, 1.165) is 43.8 Å². The number of phenolic OH excluding ortho intramolecular Hbond substituents is 7. The molecule has 9 aromatic rings. The van der Waals surface area contributed by atoms with Crippen molar-refractivity contribution in [3.05, 3.63) is 127 Å². The summed E-state index contributed by atoms with van der Waals surface area (Å²) >= 11 is 0. The summed E-state index contributed by atoms with van der Waals surface area (Å²) in [5.41, 5.74) is 5.54. The van der Waals surface area contributed by atoms with Crippen molar-refractivity contribution < 1.29 is 40.2 Å². The van der Waals surface area contributed by atoms with Gasteiger partial charge in [0, 0.05) is 27.3 Å². The zero-order valence-electron chi connectivity index (χ0n) is 28.4. The summed E-state index contributed by atoms with van der Waals surface area (Å²) in [6, 6.07) is 33.4. The lowest BCUT2D eigenvalue weighted by Gasteiger charge is -2.24. The summed E-state index contributed by atoms with van der Waals surface area (Å²) < 4.78 is 6.44. The number of hydrogen-bond donors (Lipinski definition) is 7. The van der Waals surface area contributed by atoms with Crippen LogP contribution >= 0.6 is 0 Å². The van der Waals surface area contributed by atoms with Gasteiger partial charge < -0.3 is 40.2 Å². The summed E-state index contributed by atoms with van der Waals surface area (Å²) in [6.45, 7) is 8.34. The number of rotatable bonds is 5. The van der Waals surface area contributed by atoms with Gasteiger partial charge in [-0.05, 0) is 79.2 Å². The van der Waals surface area contributed by atoms with Crippen molar-refractivity contribution in [3.63, 3.8) is 0 Å². The van der Waals surface area contributed by atoms with Crippen molar-refractivity contribution in [1.82, 2.24) is 0 Å². The molecule has 0 amide bonds. The highest BCUT2D eigenvalue weighted by atomic mass is 16.4. The normalized spacial score (nSPS) is 11.6. The molecule has 0 bridgehead atoms. The van der Waals surface area contributed by atoms with Crippen LogP contribution in [0.25, 0.3) is 99.8 Å². The third-order valence-electron chi connectivity index (χ3n) is 10.4. The smallest absolute Gasteiger partial charge is 0.205 e. The van der Waals surface area contributed by atoms with Crippen molar-refractivity contribution in [2.45, 2.75) is 0 Å². The lowest BCUT2D eigenvalue weighted by atomic mass is 9.80. The van der Waals surface area contributed by atoms with Crippen molar-refractivity contribution in [3.8, 4) is 73.6 Å². The number of aromatic hydroxyl groups is 7. The van der Waals surface area contributed by atoms with E-state index in [4.69, 9.17) is 4.42 Å². The van der Waals surface area contributed by atoms with Crippen molar-refractivity contribution in [2.24, 2.45) is 0 Å². The van der Waals surface area contributed by atoms with E-state index in [1.807, 2.05) is 97.1 Å². The number of hydrogen-bond acceptors (Lipinski definition) is 8. The maximum atomic E-state index is 11.7. The van der Waals surface area contributed by atoms with Crippen LogP contribution in [0.3, 0.4) is 0 Å². The van der Waals surface area contributed by atoms with Crippen LogP contribution in [0.4, 0.5) is 0 Å². The molecule has 8 heteroatoms. The van der Waals surface area contributed by atoms with Crippen LogP contribution in [0.2, 0.25) is 0 Å². The van der Waals surface area contributed by atoms with E-state index in [9.17, 15) is 35.7 Å². The molecule has 0 unspecified atom stereocenters. The van der Waals surface area contributed by atoms with Crippen molar-refractivity contribution >= 4 is 66.4 Å². The second-order valence-corrected chi connectivity index (χ2v) is 13.2. The van der Waals surface area contributed by atoms with Gasteiger partial charge in [-0.15, -0.1) is 0 Å². The van der Waals surface area contributed by atoms with E-state index in [0.29, 0.717) is 33.1 Å². The number of furan rings is 1. The van der Waals surface area contributed by atoms with Crippen LogP contribution in [-0.2, 0) is 0 Å². The molecule has 262 valence electrons. The van der Waals surface area contributed by atoms with Gasteiger partial charge in [-0.25, -0.2) is 0 Å². The lowest BCUT2D eigenvalue weighted by molar-refractivity contribution is 0.347. The van der Waals surface area contributed by atoms with Crippen LogP contribution in [0, 0.1) is 0 Å². The highest BCUT2D eigenvalue weighted by Gasteiger charge is 2.32. The molecule has 0 radical (unpaired) electrons. The van der Waals surface area contributed by atoms with E-state index >= 15 is 0 Å². The Hall–Kier alpha value is -7.58. The molecule has 0 saturated carbocycles. The molecule has 9 rings (SSSR count). The Morgan fingerprint density at radius 2 is 1.02 bits per heavy atom. The first kappa shape index (κ1) is 32.3. The molecule has 0 atom stereocenters. The second kappa shape index (κ2) is 11.7. The van der Waals surface area contributed by atoms with Gasteiger partial charge in [0.25, 0.3) is 0 Å². The molecule has 8 aromatic carbocycles. The molecule has 7 N–H and O–H groups in total. The summed E-state index contributed by atoms with van der Waals surface area (Å²) in [5, 5.41) is 81.3. The Balaban J connectivity index is 1.51. The molecule has 0 saturated heterocycles. The minimum atomic E-state index is -1.12. The monoisotopic (exact) mass is 710 g/mol. The van der Waals surface area contributed by atoms with Gasteiger partial charge >= 0.3 is 0 Å². The van der Waals surface area contributed by atoms with E-state index in [1.54, 1.807) is 12.2 Å². The molecule has 0 aliphatic carbocycles. The maximum absolute atomic E-state index is 11.7. The summed E-state index contributed by atoms with van der Waals surface area (Å²) in [7, 11) is 0. The molecule has 54 heavy (non-hydrogen) atoms. The minimum absolute atomic E-state index is 0.226. The van der Waals surface area contributed by atoms with E-state index < -0.39 is 51.0 Å². The number of benzene rings is 8. The lowest BCUT2D eigenvalue weighted by Crippen LogP contribution is -1.98. The summed E-state index contributed by atoms with van der Waals surface area (Å²) in [6.07, 6.45) is 3.20. The highest BCUT2D eigenvalue weighted by molar-refractivity contribution is 6.24. The Kier molecular flexibility index (Phi) is 7.02. The molecule has 1 aromatic heterocycles. The van der Waals surface area contributed by atoms with Gasteiger partial charge in [-0.2, -0.15) is 0 Å². The average Bonchev–Trinajstić information content (AvgIpc) is 3.57. The molecule has 8 nitrogen and oxygen atoms in total. The molecular weight excluding hydrogens is 680 g/mol. The predicted octanol–water partition coefficient (Wildman–Crippen LogP) is 11.3. The first-order valence-corrected chi connectivity index (χ1v) is 17.0. The average molecular weight is 711 g/mol. The quantitative estimate of drug-likeness (QED) is 0.0687. The van der Waals surface area contributed by atoms with Crippen LogP contribution in [0.15, 0.2) is 121 Å². The van der Waals surface area contributed by atoms with Gasteiger partial charge in [0.2, 0.25) is 17.2 Å². The Bertz CT molecular complexity index is 3090. The highest BCUT2D eigenvalue weighted by Crippen LogP contribution is 2.61. The topological polar surface area (TPSA) is 155 Å². The van der Waals surface area contributed by atoms with Crippen LogP contribution in [0.1, 0.15) is 11.1 Å². The molecule has 0 aliphatic heterocycles. The third kappa shape index (κ3) is 4.37. The molecular formula is C46H30O8. The van der Waals surface area contributed by atoms with Gasteiger partial charge in [-0.3, -0.25) is 0 Å². The fourth-order valence-corrected chi connectivity index (χ4v) is 7.92. The third-order valence-corrected chi connectivity index (χ3v) is 10.4. The number of fused-ring (bicyclic) bond motifs is 6. The zero-order chi connectivity index (χ0) is 37.6. The van der Waals surface area contributed by atoms with Gasteiger partial charge in [0.1, 0.15) is 11.2 Å². The summed E-state index contributed by atoms with van der Waals surface area (Å²) in [4.78, 5) is 0. The van der Waals surface area contributed by atoms with Gasteiger partial charge in [0.05, 0.1) is 5.39 Å². The molecule has 1 heterocycles. The second-order valence-electron chi connectivity index (χ2n) is 13.2. The summed E-state index contributed by atoms with van der Waals surface area (Å²) in [5.74, 6) is -7.08. The SMILES string of the molecule is C=Cc1c(C=C)c(-c2cccc3oc4cc5ccccc5cc4c23)c2ccc(-c3ccccc3)cc2c1-c1c(O)c(O)c(O)c2c(O)c(O)c(O)c(O)c12. The van der Waals surface area contributed by atoms with Crippen molar-refractivity contribution in [2.75, 3.05) is 0 Å². The minimum Gasteiger partial charge on any atom is -0.504 e. The molecule has 0 aliphatic rings. The Labute approximate surface area is 306 Å². The largest absolute Gasteiger partial charge is 0.504 e. The van der Waals surface area contributed by atoms with Crippen molar-refractivity contribution in [1.29, 1.82) is 0 Å². The van der Waals surface area contributed by atoms with E-state index in [-0.39, 0.29) is 11.1 Å². The Morgan fingerprint density at radius 1 is 0.407 bits per heavy atom. The predicted molar refractivity (Wildman–Crippen MR) is 214 cm³/mol. The first-order valence-electron chi connectivity index (χ1n) is 17.0. The molecule has 0 fully saturated rings. The van der Waals surface area contributed by atoms with E-state index in [1.165, 1.54) is 0 Å². The van der Waals surface area contributed by atoms with E-state index in [2.05, 4.69) is 19.2 Å². The van der Waals surface area contributed by atoms with Crippen LogP contribution in [-0.4, -0.2) is 35.7 Å². The molecule has 0 spiro atoms. The Morgan fingerprint density at radius 3 is 1.70 bits per heavy atom. The first-order chi connectivity index (χ1) is 26.1. The fourth-order valence-electron chi connectivity index (χ4n) is 7.92. The van der Waals surface area contributed by atoms with Gasteiger partial charge in [-0.1, -0.05) is 104 Å². The zero-order valence-corrected chi connectivity index (χ0v) is 28.4. The standard InChI is InChI=1S/C46H30O8/c1-3-26-27(4-2)36(37-38-39(42(49)44(51)40(37)47)43(50)46(53)45(52)41(38)48)30-19-25(22-11-6-5-7-12-22)17-18-28(30)34(26)29-15-10-16-32-35(29)31-20-23-13-8-9-14-24(23)21-33(31)54-32/h3-21,47-53H,1-2H2. The number of phenols is 7. The van der Waals surface area contributed by atoms with Gasteiger partial charge in [0.15, 0.2) is 23.0 Å². The maximum Gasteiger partial charge on any atom is 0.205 e.